The quantitative estimate of drug-likeness (QED) is 0.271. The minimum absolute atomic E-state index is 0.497. The zero-order chi connectivity index (χ0) is 13.4. The Balaban J connectivity index is 2.46. The van der Waals surface area contributed by atoms with Gasteiger partial charge in [0.2, 0.25) is 0 Å². The van der Waals surface area contributed by atoms with E-state index in [-0.39, 0.29) is 0 Å². The first kappa shape index (κ1) is 15.3. The molecule has 0 aliphatic rings. The van der Waals surface area contributed by atoms with Crippen LogP contribution in [0.15, 0.2) is 29.4 Å². The number of benzene rings is 1. The molecule has 6 heteroatoms. The third-order valence-electron chi connectivity index (χ3n) is 2.18. The molecule has 0 unspecified atom stereocenters. The summed E-state index contributed by atoms with van der Waals surface area (Å²) in [6.45, 7) is 3.22. The van der Waals surface area contributed by atoms with Crippen molar-refractivity contribution in [2.24, 2.45) is 5.10 Å². The van der Waals surface area contributed by atoms with E-state index in [2.05, 4.69) is 38.4 Å². The van der Waals surface area contributed by atoms with E-state index in [1.807, 2.05) is 31.2 Å². The molecule has 2 N–H and O–H groups in total. The van der Waals surface area contributed by atoms with Crippen LogP contribution >= 0.6 is 34.8 Å². The largest absolute Gasteiger partial charge is 0.383 e. The van der Waals surface area contributed by atoms with Gasteiger partial charge in [0.25, 0.3) is 0 Å². The first-order valence-corrected chi connectivity index (χ1v) is 6.95. The summed E-state index contributed by atoms with van der Waals surface area (Å²) in [4.78, 5) is 0. The van der Waals surface area contributed by atoms with Gasteiger partial charge in [0.1, 0.15) is 0 Å². The predicted molar refractivity (Wildman–Crippen MR) is 87.0 cm³/mol. The van der Waals surface area contributed by atoms with E-state index in [0.29, 0.717) is 18.3 Å². The molecule has 1 aromatic carbocycles. The van der Waals surface area contributed by atoms with E-state index in [4.69, 9.17) is 17.0 Å². The number of nitrogens with zero attached hydrogens (tertiary/aromatic N) is 1. The number of hydrogen-bond acceptors (Lipinski definition) is 3. The minimum Gasteiger partial charge on any atom is -0.383 e. The topological polar surface area (TPSA) is 45.6 Å². The van der Waals surface area contributed by atoms with Crippen LogP contribution < -0.4 is 10.7 Å². The van der Waals surface area contributed by atoms with Gasteiger partial charge in [-0.2, -0.15) is 5.10 Å². The normalized spacial score (nSPS) is 11.2. The van der Waals surface area contributed by atoms with Crippen LogP contribution in [-0.4, -0.2) is 31.1 Å². The van der Waals surface area contributed by atoms with Crippen LogP contribution in [0.25, 0.3) is 0 Å². The van der Waals surface area contributed by atoms with Crippen molar-refractivity contribution >= 4 is 45.6 Å². The Morgan fingerprint density at radius 1 is 1.39 bits per heavy atom. The fraction of sp³-hybridized carbons (Fsp3) is 0.333. The maximum Gasteiger partial charge on any atom is 0.187 e. The first-order valence-electron chi connectivity index (χ1n) is 5.46. The summed E-state index contributed by atoms with van der Waals surface area (Å²) in [5, 5.41) is 7.71. The molecule has 0 aliphatic carbocycles. The molecule has 18 heavy (non-hydrogen) atoms. The molecule has 0 atom stereocenters. The average molecular weight is 377 g/mol. The molecule has 0 aromatic heterocycles. The maximum absolute atomic E-state index is 5.07. The molecular weight excluding hydrogens is 361 g/mol. The molecule has 0 fully saturated rings. The van der Waals surface area contributed by atoms with Crippen molar-refractivity contribution in [2.45, 2.75) is 6.92 Å². The van der Waals surface area contributed by atoms with Gasteiger partial charge < -0.3 is 10.1 Å². The highest BCUT2D eigenvalue weighted by Gasteiger charge is 1.98. The van der Waals surface area contributed by atoms with Crippen molar-refractivity contribution < 1.29 is 4.74 Å². The number of hydrazone groups is 1. The second-order valence-electron chi connectivity index (χ2n) is 3.56. The Morgan fingerprint density at radius 3 is 2.67 bits per heavy atom. The van der Waals surface area contributed by atoms with E-state index < -0.39 is 0 Å². The van der Waals surface area contributed by atoms with Crippen molar-refractivity contribution in [3.05, 3.63) is 33.4 Å². The summed E-state index contributed by atoms with van der Waals surface area (Å²) in [5.74, 6) is 0. The van der Waals surface area contributed by atoms with Gasteiger partial charge >= 0.3 is 0 Å². The van der Waals surface area contributed by atoms with E-state index in [9.17, 15) is 0 Å². The Hall–Kier alpha value is -0.730. The van der Waals surface area contributed by atoms with Crippen LogP contribution in [0.4, 0.5) is 0 Å². The molecule has 0 amide bonds. The van der Waals surface area contributed by atoms with E-state index >= 15 is 0 Å². The number of halogens is 1. The fourth-order valence-corrected chi connectivity index (χ4v) is 1.70. The lowest BCUT2D eigenvalue weighted by molar-refractivity contribution is 0.204. The highest BCUT2D eigenvalue weighted by atomic mass is 127. The molecule has 0 saturated heterocycles. The molecule has 0 saturated carbocycles. The lowest BCUT2D eigenvalue weighted by atomic mass is 10.1. The van der Waals surface area contributed by atoms with E-state index in [1.165, 1.54) is 3.57 Å². The Morgan fingerprint density at radius 2 is 2.06 bits per heavy atom. The van der Waals surface area contributed by atoms with Crippen molar-refractivity contribution in [1.82, 2.24) is 10.7 Å². The van der Waals surface area contributed by atoms with Crippen molar-refractivity contribution in [2.75, 3.05) is 20.3 Å². The summed E-state index contributed by atoms with van der Waals surface area (Å²) in [7, 11) is 1.65. The van der Waals surface area contributed by atoms with Crippen LogP contribution in [0.5, 0.6) is 0 Å². The minimum atomic E-state index is 0.497. The summed E-state index contributed by atoms with van der Waals surface area (Å²) < 4.78 is 6.11. The SMILES string of the molecule is COCCNC(=S)N/N=C(/C)c1ccc(I)cc1. The zero-order valence-corrected chi connectivity index (χ0v) is 13.3. The molecule has 0 radical (unpaired) electrons. The van der Waals surface area contributed by atoms with E-state index in [1.54, 1.807) is 7.11 Å². The molecule has 98 valence electrons. The Labute approximate surface area is 126 Å². The van der Waals surface area contributed by atoms with Crippen molar-refractivity contribution in [3.63, 3.8) is 0 Å². The second kappa shape index (κ2) is 8.39. The average Bonchev–Trinajstić information content (AvgIpc) is 2.37. The Bertz CT molecular complexity index is 420. The van der Waals surface area contributed by atoms with Crippen LogP contribution in [0.3, 0.4) is 0 Å². The third kappa shape index (κ3) is 5.74. The number of rotatable bonds is 5. The van der Waals surface area contributed by atoms with Gasteiger partial charge in [0.05, 0.1) is 12.3 Å². The van der Waals surface area contributed by atoms with Gasteiger partial charge in [-0.15, -0.1) is 0 Å². The van der Waals surface area contributed by atoms with Gasteiger partial charge in [-0.3, -0.25) is 5.43 Å². The summed E-state index contributed by atoms with van der Waals surface area (Å²) >= 11 is 7.34. The Kier molecular flexibility index (Phi) is 7.14. The number of thiocarbonyl (C=S) groups is 1. The van der Waals surface area contributed by atoms with Gasteiger partial charge in [-0.25, -0.2) is 0 Å². The van der Waals surface area contributed by atoms with E-state index in [0.717, 1.165) is 11.3 Å². The third-order valence-corrected chi connectivity index (χ3v) is 3.13. The monoisotopic (exact) mass is 377 g/mol. The smallest absolute Gasteiger partial charge is 0.187 e. The van der Waals surface area contributed by atoms with Crippen LogP contribution in [0.2, 0.25) is 0 Å². The molecule has 1 aromatic rings. The number of methoxy groups -OCH3 is 1. The molecule has 1 rings (SSSR count). The van der Waals surface area contributed by atoms with Gasteiger partial charge in [0.15, 0.2) is 5.11 Å². The highest BCUT2D eigenvalue weighted by Crippen LogP contribution is 2.07. The molecule has 0 heterocycles. The fourth-order valence-electron chi connectivity index (χ4n) is 1.20. The summed E-state index contributed by atoms with van der Waals surface area (Å²) in [6.07, 6.45) is 0. The molecule has 0 bridgehead atoms. The van der Waals surface area contributed by atoms with Gasteiger partial charge in [-0.05, 0) is 59.4 Å². The van der Waals surface area contributed by atoms with Gasteiger partial charge in [0, 0.05) is 17.2 Å². The number of ether oxygens (including phenoxy) is 1. The van der Waals surface area contributed by atoms with Crippen LogP contribution in [0.1, 0.15) is 12.5 Å². The standard InChI is InChI=1S/C12H16IN3OS/c1-9(10-3-5-11(13)6-4-10)15-16-12(18)14-7-8-17-2/h3-6H,7-8H2,1-2H3,(H2,14,16,18)/b15-9-. The second-order valence-corrected chi connectivity index (χ2v) is 5.22. The van der Waals surface area contributed by atoms with Crippen LogP contribution in [-0.2, 0) is 4.74 Å². The lowest BCUT2D eigenvalue weighted by Gasteiger charge is -2.07. The molecular formula is C12H16IN3OS. The lowest BCUT2D eigenvalue weighted by Crippen LogP contribution is -2.34. The maximum atomic E-state index is 5.07. The molecule has 0 aliphatic heterocycles. The molecule has 0 spiro atoms. The predicted octanol–water partition coefficient (Wildman–Crippen LogP) is 2.13. The van der Waals surface area contributed by atoms with Gasteiger partial charge in [-0.1, -0.05) is 12.1 Å². The molecule has 4 nitrogen and oxygen atoms in total. The number of hydrogen-bond donors (Lipinski definition) is 2. The highest BCUT2D eigenvalue weighted by molar-refractivity contribution is 14.1. The summed E-state index contributed by atoms with van der Waals surface area (Å²) in [6, 6.07) is 8.15. The number of nitrogens with one attached hydrogen (secondary N) is 2. The first-order chi connectivity index (χ1) is 8.63. The van der Waals surface area contributed by atoms with Crippen molar-refractivity contribution in [3.8, 4) is 0 Å². The van der Waals surface area contributed by atoms with Crippen LogP contribution in [0, 0.1) is 3.57 Å². The zero-order valence-electron chi connectivity index (χ0n) is 10.4. The summed E-state index contributed by atoms with van der Waals surface area (Å²) in [5.41, 5.74) is 4.77. The van der Waals surface area contributed by atoms with Crippen molar-refractivity contribution in [1.29, 1.82) is 0 Å².